The summed E-state index contributed by atoms with van der Waals surface area (Å²) in [6, 6.07) is 12.8. The normalized spacial score (nSPS) is 10.5. The number of hydrogen-bond acceptors (Lipinski definition) is 4. The first-order valence-electron chi connectivity index (χ1n) is 8.18. The van der Waals surface area contributed by atoms with Gasteiger partial charge in [0.25, 0.3) is 0 Å². The maximum Gasteiger partial charge on any atom is 0.335 e. The lowest BCUT2D eigenvalue weighted by Crippen LogP contribution is -1.94. The lowest BCUT2D eigenvalue weighted by molar-refractivity contribution is 0.0686. The zero-order valence-corrected chi connectivity index (χ0v) is 14.5. The van der Waals surface area contributed by atoms with E-state index in [-0.39, 0.29) is 17.7 Å². The third-order valence-electron chi connectivity index (χ3n) is 4.11. The van der Waals surface area contributed by atoms with Crippen LogP contribution in [-0.4, -0.2) is 43.5 Å². The van der Waals surface area contributed by atoms with Crippen LogP contribution >= 0.6 is 0 Å². The second-order valence-corrected chi connectivity index (χ2v) is 6.01. The Balaban J connectivity index is 0.000000161. The SMILES string of the molecule is O=C(O)c1ccc2[nH]c(CO)cc2c1.O=Cc1cc2cc(C(=O)O)ccc2[nH]1. The lowest BCUT2D eigenvalue weighted by atomic mass is 10.1. The molecule has 8 heteroatoms. The van der Waals surface area contributed by atoms with Gasteiger partial charge < -0.3 is 25.3 Å². The fraction of sp³-hybridized carbons (Fsp3) is 0.0500. The molecule has 4 rings (SSSR count). The minimum atomic E-state index is -0.972. The number of benzene rings is 2. The zero-order chi connectivity index (χ0) is 20.3. The fourth-order valence-electron chi connectivity index (χ4n) is 2.76. The number of rotatable bonds is 4. The van der Waals surface area contributed by atoms with Gasteiger partial charge in [-0.2, -0.15) is 0 Å². The van der Waals surface area contributed by atoms with Crippen LogP contribution in [-0.2, 0) is 6.61 Å². The number of aliphatic hydroxyl groups excluding tert-OH is 1. The van der Waals surface area contributed by atoms with Gasteiger partial charge in [0.1, 0.15) is 0 Å². The van der Waals surface area contributed by atoms with Crippen LogP contribution in [0.15, 0.2) is 48.5 Å². The van der Waals surface area contributed by atoms with E-state index in [9.17, 15) is 14.4 Å². The summed E-state index contributed by atoms with van der Waals surface area (Å²) in [5, 5.41) is 27.9. The predicted molar refractivity (Wildman–Crippen MR) is 102 cm³/mol. The average Bonchev–Trinajstić information content (AvgIpc) is 3.30. The van der Waals surface area contributed by atoms with E-state index in [4.69, 9.17) is 15.3 Å². The quantitative estimate of drug-likeness (QED) is 0.344. The van der Waals surface area contributed by atoms with Gasteiger partial charge >= 0.3 is 11.9 Å². The molecule has 0 aliphatic carbocycles. The molecule has 0 saturated heterocycles. The predicted octanol–water partition coefficient (Wildman–Crippen LogP) is 3.04. The molecular formula is C20H16N2O6. The van der Waals surface area contributed by atoms with E-state index >= 15 is 0 Å². The third kappa shape index (κ3) is 3.92. The Labute approximate surface area is 158 Å². The number of fused-ring (bicyclic) bond motifs is 2. The number of carbonyl (C=O) groups is 3. The number of carbonyl (C=O) groups excluding carboxylic acids is 1. The summed E-state index contributed by atoms with van der Waals surface area (Å²) in [7, 11) is 0. The molecule has 0 atom stereocenters. The van der Waals surface area contributed by atoms with Crippen molar-refractivity contribution in [2.24, 2.45) is 0 Å². The van der Waals surface area contributed by atoms with Crippen molar-refractivity contribution in [3.63, 3.8) is 0 Å². The van der Waals surface area contributed by atoms with Crippen molar-refractivity contribution in [2.75, 3.05) is 0 Å². The molecule has 2 aromatic carbocycles. The Morgan fingerprint density at radius 3 is 1.86 bits per heavy atom. The minimum Gasteiger partial charge on any atom is -0.478 e. The van der Waals surface area contributed by atoms with Gasteiger partial charge in [0.2, 0.25) is 0 Å². The summed E-state index contributed by atoms with van der Waals surface area (Å²) < 4.78 is 0. The molecule has 0 bridgehead atoms. The number of aromatic nitrogens is 2. The summed E-state index contributed by atoms with van der Waals surface area (Å²) in [4.78, 5) is 37.6. The summed E-state index contributed by atoms with van der Waals surface area (Å²) in [5.74, 6) is -1.92. The van der Waals surface area contributed by atoms with E-state index in [1.165, 1.54) is 18.2 Å². The van der Waals surface area contributed by atoms with Crippen LogP contribution in [0.5, 0.6) is 0 Å². The molecule has 0 spiro atoms. The summed E-state index contributed by atoms with van der Waals surface area (Å²) in [6.45, 7) is -0.0723. The van der Waals surface area contributed by atoms with Crippen LogP contribution in [0.25, 0.3) is 21.8 Å². The minimum absolute atomic E-state index is 0.0723. The van der Waals surface area contributed by atoms with Crippen molar-refractivity contribution in [1.82, 2.24) is 9.97 Å². The van der Waals surface area contributed by atoms with Crippen molar-refractivity contribution >= 4 is 40.0 Å². The molecule has 0 amide bonds. The van der Waals surface area contributed by atoms with Crippen LogP contribution in [0.2, 0.25) is 0 Å². The highest BCUT2D eigenvalue weighted by atomic mass is 16.4. The fourth-order valence-corrected chi connectivity index (χ4v) is 2.76. The number of aromatic amines is 2. The van der Waals surface area contributed by atoms with Gasteiger partial charge in [0.05, 0.1) is 23.4 Å². The highest BCUT2D eigenvalue weighted by Crippen LogP contribution is 2.18. The van der Waals surface area contributed by atoms with Crippen LogP contribution in [0.4, 0.5) is 0 Å². The molecule has 8 nitrogen and oxygen atoms in total. The van der Waals surface area contributed by atoms with E-state index in [2.05, 4.69) is 9.97 Å². The Hall–Kier alpha value is -3.91. The zero-order valence-electron chi connectivity index (χ0n) is 14.5. The Morgan fingerprint density at radius 2 is 1.36 bits per heavy atom. The van der Waals surface area contributed by atoms with Gasteiger partial charge in [-0.1, -0.05) is 0 Å². The van der Waals surface area contributed by atoms with Crippen LogP contribution in [0.1, 0.15) is 36.9 Å². The molecule has 2 heterocycles. The number of nitrogens with one attached hydrogen (secondary N) is 2. The maximum absolute atomic E-state index is 10.7. The summed E-state index contributed by atoms with van der Waals surface area (Å²) in [5.41, 5.74) is 3.19. The number of aldehydes is 1. The number of aliphatic hydroxyl groups is 1. The van der Waals surface area contributed by atoms with Gasteiger partial charge in [-0.05, 0) is 48.5 Å². The van der Waals surface area contributed by atoms with Crippen LogP contribution in [0, 0.1) is 0 Å². The van der Waals surface area contributed by atoms with Crippen molar-refractivity contribution < 1.29 is 29.7 Å². The van der Waals surface area contributed by atoms with E-state index in [1.807, 2.05) is 0 Å². The third-order valence-corrected chi connectivity index (χ3v) is 4.11. The summed E-state index contributed by atoms with van der Waals surface area (Å²) in [6.07, 6.45) is 0.695. The van der Waals surface area contributed by atoms with Crippen LogP contribution < -0.4 is 0 Å². The summed E-state index contributed by atoms with van der Waals surface area (Å²) >= 11 is 0. The molecule has 0 aliphatic heterocycles. The molecule has 0 saturated carbocycles. The number of hydrogen-bond donors (Lipinski definition) is 5. The molecule has 142 valence electrons. The van der Waals surface area contributed by atoms with Gasteiger partial charge in [-0.15, -0.1) is 0 Å². The Morgan fingerprint density at radius 1 is 0.821 bits per heavy atom. The van der Waals surface area contributed by atoms with Gasteiger partial charge in [0, 0.05) is 27.5 Å². The Kier molecular flexibility index (Phi) is 5.23. The second-order valence-electron chi connectivity index (χ2n) is 6.01. The molecule has 28 heavy (non-hydrogen) atoms. The molecule has 0 unspecified atom stereocenters. The van der Waals surface area contributed by atoms with Crippen LogP contribution in [0.3, 0.4) is 0 Å². The number of carboxylic acids is 2. The van der Waals surface area contributed by atoms with Gasteiger partial charge in [-0.3, -0.25) is 4.79 Å². The largest absolute Gasteiger partial charge is 0.478 e. The molecule has 0 fully saturated rings. The smallest absolute Gasteiger partial charge is 0.335 e. The van der Waals surface area contributed by atoms with E-state index in [0.29, 0.717) is 17.7 Å². The van der Waals surface area contributed by atoms with Crippen molar-refractivity contribution in [2.45, 2.75) is 6.61 Å². The highest BCUT2D eigenvalue weighted by Gasteiger charge is 2.06. The van der Waals surface area contributed by atoms with Crippen molar-refractivity contribution in [1.29, 1.82) is 0 Å². The standard InChI is InChI=1S/C10H9NO3.C10H7NO3/c2*12-5-8-4-7-3-6(10(13)14)1-2-9(7)11-8/h1-4,11-12H,5H2,(H,13,14);1-5,11H,(H,13,14). The lowest BCUT2D eigenvalue weighted by Gasteiger charge is -1.93. The van der Waals surface area contributed by atoms with Gasteiger partial charge in [-0.25, -0.2) is 9.59 Å². The van der Waals surface area contributed by atoms with Crippen molar-refractivity contribution in [3.05, 3.63) is 71.0 Å². The Bertz CT molecular complexity index is 1190. The van der Waals surface area contributed by atoms with Crippen molar-refractivity contribution in [3.8, 4) is 0 Å². The molecule has 4 aromatic rings. The highest BCUT2D eigenvalue weighted by molar-refractivity contribution is 5.95. The second kappa shape index (κ2) is 7.77. The van der Waals surface area contributed by atoms with E-state index < -0.39 is 11.9 Å². The number of carboxylic acid groups (broad SMARTS) is 2. The number of H-pyrrole nitrogens is 2. The molecule has 2 aromatic heterocycles. The van der Waals surface area contributed by atoms with E-state index in [0.717, 1.165) is 21.8 Å². The molecule has 5 N–H and O–H groups in total. The topological polar surface area (TPSA) is 143 Å². The average molecular weight is 380 g/mol. The van der Waals surface area contributed by atoms with E-state index in [1.54, 1.807) is 30.3 Å². The maximum atomic E-state index is 10.7. The number of aromatic carboxylic acids is 2. The first-order chi connectivity index (χ1) is 13.4. The first kappa shape index (κ1) is 18.9. The monoisotopic (exact) mass is 380 g/mol. The molecular weight excluding hydrogens is 364 g/mol. The first-order valence-corrected chi connectivity index (χ1v) is 8.18. The molecule has 0 radical (unpaired) electrons. The van der Waals surface area contributed by atoms with Gasteiger partial charge in [0.15, 0.2) is 6.29 Å². The molecule has 0 aliphatic rings.